The largest absolute Gasteiger partial charge is 0.481 e. The van der Waals surface area contributed by atoms with Crippen molar-refractivity contribution in [1.82, 2.24) is 20.5 Å². The first-order valence-corrected chi connectivity index (χ1v) is 12.3. The Morgan fingerprint density at radius 1 is 1.19 bits per heavy atom. The molecule has 1 atom stereocenters. The third kappa shape index (κ3) is 6.58. The third-order valence-electron chi connectivity index (χ3n) is 7.23. The van der Waals surface area contributed by atoms with Crippen LogP contribution in [0.1, 0.15) is 53.6 Å². The van der Waals surface area contributed by atoms with Gasteiger partial charge < -0.3 is 20.5 Å². The molecule has 8 nitrogen and oxygen atoms in total. The van der Waals surface area contributed by atoms with Crippen molar-refractivity contribution in [2.45, 2.75) is 56.0 Å². The summed E-state index contributed by atoms with van der Waals surface area (Å²) in [4.78, 5) is 31.1. The fraction of sp³-hybridized carbons (Fsp3) is 0.500. The highest BCUT2D eigenvalue weighted by Crippen LogP contribution is 2.39. The lowest BCUT2D eigenvalue weighted by Gasteiger charge is -2.39. The van der Waals surface area contributed by atoms with Crippen LogP contribution in [0.2, 0.25) is 0 Å². The molecule has 1 aromatic carbocycles. The van der Waals surface area contributed by atoms with E-state index in [9.17, 15) is 27.9 Å². The number of benzene rings is 1. The van der Waals surface area contributed by atoms with Crippen molar-refractivity contribution in [1.29, 1.82) is 0 Å². The van der Waals surface area contributed by atoms with Crippen molar-refractivity contribution >= 4 is 11.8 Å². The lowest BCUT2D eigenvalue weighted by atomic mass is 9.78. The molecule has 0 unspecified atom stereocenters. The second kappa shape index (κ2) is 11.1. The SMILES string of the molecule is COc1ccc(C2(O)CCC(N3CC[C@@H](NC(=O)CNC(=O)c4cccc(C(F)(F)F)c4)C3)CC2)cn1. The zero-order valence-electron chi connectivity index (χ0n) is 20.6. The van der Waals surface area contributed by atoms with Crippen molar-refractivity contribution in [2.75, 3.05) is 26.7 Å². The summed E-state index contributed by atoms with van der Waals surface area (Å²) < 4.78 is 43.7. The minimum absolute atomic E-state index is 0.0791. The van der Waals surface area contributed by atoms with Crippen molar-refractivity contribution in [3.63, 3.8) is 0 Å². The van der Waals surface area contributed by atoms with Gasteiger partial charge in [-0.15, -0.1) is 0 Å². The van der Waals surface area contributed by atoms with E-state index in [1.165, 1.54) is 6.07 Å². The minimum atomic E-state index is -4.55. The van der Waals surface area contributed by atoms with Crippen LogP contribution in [0, 0.1) is 0 Å². The van der Waals surface area contributed by atoms with Gasteiger partial charge in [0.2, 0.25) is 11.8 Å². The van der Waals surface area contributed by atoms with Gasteiger partial charge in [0.1, 0.15) is 0 Å². The third-order valence-corrected chi connectivity index (χ3v) is 7.23. The number of carbonyl (C=O) groups excluding carboxylic acids is 2. The van der Waals surface area contributed by atoms with Gasteiger partial charge in [0.15, 0.2) is 0 Å². The molecule has 2 aliphatic rings. The molecule has 4 rings (SSSR count). The normalized spacial score (nSPS) is 24.5. The Kier molecular flexibility index (Phi) is 8.03. The van der Waals surface area contributed by atoms with Crippen LogP contribution < -0.4 is 15.4 Å². The number of hydrogen-bond donors (Lipinski definition) is 3. The summed E-state index contributed by atoms with van der Waals surface area (Å²) in [5, 5.41) is 16.4. The van der Waals surface area contributed by atoms with Crippen LogP contribution in [0.25, 0.3) is 0 Å². The van der Waals surface area contributed by atoms with E-state index in [0.29, 0.717) is 31.3 Å². The summed E-state index contributed by atoms with van der Waals surface area (Å²) in [7, 11) is 1.55. The lowest BCUT2D eigenvalue weighted by molar-refractivity contribution is -0.137. The Morgan fingerprint density at radius 2 is 1.95 bits per heavy atom. The quantitative estimate of drug-likeness (QED) is 0.519. The number of alkyl halides is 3. The number of halogens is 3. The van der Waals surface area contributed by atoms with Gasteiger partial charge in [0, 0.05) is 48.6 Å². The van der Waals surface area contributed by atoms with Gasteiger partial charge in [0.25, 0.3) is 5.91 Å². The maximum Gasteiger partial charge on any atom is 0.416 e. The van der Waals surface area contributed by atoms with E-state index in [4.69, 9.17) is 4.74 Å². The molecule has 1 saturated carbocycles. The van der Waals surface area contributed by atoms with Gasteiger partial charge in [-0.05, 0) is 56.4 Å². The topological polar surface area (TPSA) is 104 Å². The summed E-state index contributed by atoms with van der Waals surface area (Å²) in [6.45, 7) is 1.16. The molecule has 3 N–H and O–H groups in total. The number of likely N-dealkylation sites (tertiary alicyclic amines) is 1. The number of aliphatic hydroxyl groups is 1. The minimum Gasteiger partial charge on any atom is -0.481 e. The highest BCUT2D eigenvalue weighted by Gasteiger charge is 2.39. The summed E-state index contributed by atoms with van der Waals surface area (Å²) in [5.74, 6) is -0.630. The molecule has 0 radical (unpaired) electrons. The number of aromatic nitrogens is 1. The predicted octanol–water partition coefficient (Wildman–Crippen LogP) is 2.86. The Morgan fingerprint density at radius 3 is 2.59 bits per heavy atom. The van der Waals surface area contributed by atoms with Crippen LogP contribution in [0.15, 0.2) is 42.6 Å². The van der Waals surface area contributed by atoms with Crippen LogP contribution in [0.5, 0.6) is 5.88 Å². The number of nitrogens with one attached hydrogen (secondary N) is 2. The number of rotatable bonds is 7. The fourth-order valence-corrected chi connectivity index (χ4v) is 5.13. The molecular formula is C26H31F3N4O4. The summed E-state index contributed by atoms with van der Waals surface area (Å²) >= 11 is 0. The number of carbonyl (C=O) groups is 2. The average Bonchev–Trinajstić information content (AvgIpc) is 3.35. The number of hydrogen-bond acceptors (Lipinski definition) is 6. The Labute approximate surface area is 213 Å². The fourth-order valence-electron chi connectivity index (χ4n) is 5.13. The van der Waals surface area contributed by atoms with Crippen LogP contribution >= 0.6 is 0 Å². The number of amides is 2. The molecule has 1 aliphatic heterocycles. The van der Waals surface area contributed by atoms with Gasteiger partial charge in [-0.2, -0.15) is 13.2 Å². The second-order valence-corrected chi connectivity index (χ2v) is 9.66. The molecule has 0 spiro atoms. The molecule has 11 heteroatoms. The van der Waals surface area contributed by atoms with Gasteiger partial charge in [0.05, 0.1) is 24.8 Å². The molecule has 200 valence electrons. The van der Waals surface area contributed by atoms with Crippen LogP contribution in [0.3, 0.4) is 0 Å². The van der Waals surface area contributed by atoms with E-state index in [0.717, 1.165) is 49.6 Å². The maximum absolute atomic E-state index is 12.9. The van der Waals surface area contributed by atoms with E-state index in [1.807, 2.05) is 6.07 Å². The van der Waals surface area contributed by atoms with Gasteiger partial charge in [-0.1, -0.05) is 6.07 Å². The van der Waals surface area contributed by atoms with Crippen molar-refractivity contribution in [2.24, 2.45) is 0 Å². The van der Waals surface area contributed by atoms with E-state index in [2.05, 4.69) is 20.5 Å². The summed E-state index contributed by atoms with van der Waals surface area (Å²) in [6.07, 6.45) is 0.725. The molecule has 2 fully saturated rings. The maximum atomic E-state index is 12.9. The highest BCUT2D eigenvalue weighted by molar-refractivity contribution is 5.96. The van der Waals surface area contributed by atoms with Gasteiger partial charge in [-0.25, -0.2) is 4.98 Å². The first kappa shape index (κ1) is 26.9. The average molecular weight is 521 g/mol. The Bertz CT molecular complexity index is 1100. The molecular weight excluding hydrogens is 489 g/mol. The zero-order valence-corrected chi connectivity index (χ0v) is 20.6. The monoisotopic (exact) mass is 520 g/mol. The van der Waals surface area contributed by atoms with E-state index < -0.39 is 29.2 Å². The number of pyridine rings is 1. The highest BCUT2D eigenvalue weighted by atomic mass is 19.4. The summed E-state index contributed by atoms with van der Waals surface area (Å²) in [6, 6.07) is 7.89. The van der Waals surface area contributed by atoms with Gasteiger partial charge >= 0.3 is 6.18 Å². The molecule has 1 saturated heterocycles. The Balaban J connectivity index is 1.21. The number of nitrogens with zero attached hydrogens (tertiary/aromatic N) is 2. The first-order chi connectivity index (χ1) is 17.6. The molecule has 1 aliphatic carbocycles. The molecule has 1 aromatic heterocycles. The number of methoxy groups -OCH3 is 1. The van der Waals surface area contributed by atoms with Crippen LogP contribution in [-0.4, -0.2) is 65.6 Å². The predicted molar refractivity (Wildman–Crippen MR) is 129 cm³/mol. The Hall–Kier alpha value is -3.18. The molecule has 2 heterocycles. The van der Waals surface area contributed by atoms with Crippen molar-refractivity contribution in [3.8, 4) is 5.88 Å². The molecule has 37 heavy (non-hydrogen) atoms. The van der Waals surface area contributed by atoms with Crippen LogP contribution in [-0.2, 0) is 16.6 Å². The van der Waals surface area contributed by atoms with Crippen LogP contribution in [0.4, 0.5) is 13.2 Å². The number of ether oxygens (including phenoxy) is 1. The second-order valence-electron chi connectivity index (χ2n) is 9.66. The standard InChI is InChI=1S/C26H31F3N4O4/c1-37-23-6-5-19(14-30-23)25(36)10-7-21(8-11-25)33-12-9-20(16-33)32-22(34)15-31-24(35)17-3-2-4-18(13-17)26(27,28)29/h2-6,13-14,20-21,36H,7-12,15-16H2,1H3,(H,31,35)(H,32,34)/t20-,21?,25?/m1/s1. The van der Waals surface area contributed by atoms with E-state index in [-0.39, 0.29) is 18.2 Å². The molecule has 0 bridgehead atoms. The van der Waals surface area contributed by atoms with Gasteiger partial charge in [-0.3, -0.25) is 14.5 Å². The molecule has 2 aromatic rings. The van der Waals surface area contributed by atoms with Crippen molar-refractivity contribution in [3.05, 3.63) is 59.3 Å². The zero-order chi connectivity index (χ0) is 26.6. The lowest BCUT2D eigenvalue weighted by Crippen LogP contribution is -2.45. The molecule has 2 amide bonds. The first-order valence-electron chi connectivity index (χ1n) is 12.3. The van der Waals surface area contributed by atoms with E-state index >= 15 is 0 Å². The van der Waals surface area contributed by atoms with Crippen molar-refractivity contribution < 1.29 is 32.6 Å². The smallest absolute Gasteiger partial charge is 0.416 e. The summed E-state index contributed by atoms with van der Waals surface area (Å²) in [5.41, 5.74) is -1.21. The van der Waals surface area contributed by atoms with E-state index in [1.54, 1.807) is 19.4 Å².